The van der Waals surface area contributed by atoms with Crippen molar-refractivity contribution in [3.05, 3.63) is 23.5 Å². The molecule has 0 saturated heterocycles. The summed E-state index contributed by atoms with van der Waals surface area (Å²) in [6.07, 6.45) is 8.38. The number of fused-ring (bicyclic) bond motifs is 1. The number of aromatic nitrogens is 2. The highest BCUT2D eigenvalue weighted by molar-refractivity contribution is 6.99. The standard InChI is InChI=1S/C9H10N2S/c1-9(2)5-3-7-8(4-6-9)11-12-10-7/h3-6H,1-2H3. The molecule has 62 valence electrons. The van der Waals surface area contributed by atoms with E-state index in [1.807, 2.05) is 12.2 Å². The van der Waals surface area contributed by atoms with Gasteiger partial charge in [-0.05, 0) is 12.2 Å². The lowest BCUT2D eigenvalue weighted by atomic mass is 9.93. The minimum Gasteiger partial charge on any atom is -0.173 e. The molecular formula is C9H10N2S. The Morgan fingerprint density at radius 1 is 1.08 bits per heavy atom. The summed E-state index contributed by atoms with van der Waals surface area (Å²) >= 11 is 1.26. The van der Waals surface area contributed by atoms with Crippen LogP contribution < -0.4 is 0 Å². The van der Waals surface area contributed by atoms with Crippen LogP contribution in [0, 0.1) is 5.41 Å². The molecule has 0 aromatic carbocycles. The van der Waals surface area contributed by atoms with E-state index in [0.29, 0.717) is 0 Å². The SMILES string of the molecule is CC1(C)C=Cc2nsnc2C=C1. The van der Waals surface area contributed by atoms with Gasteiger partial charge in [-0.2, -0.15) is 8.75 Å². The largest absolute Gasteiger partial charge is 0.173 e. The third-order valence-electron chi connectivity index (χ3n) is 1.88. The fourth-order valence-corrected chi connectivity index (χ4v) is 1.60. The Kier molecular flexibility index (Phi) is 1.61. The van der Waals surface area contributed by atoms with E-state index in [1.54, 1.807) is 0 Å². The molecule has 1 aromatic rings. The molecular weight excluding hydrogens is 168 g/mol. The Morgan fingerprint density at radius 3 is 2.08 bits per heavy atom. The molecule has 0 atom stereocenters. The summed E-state index contributed by atoms with van der Waals surface area (Å²) in [5.41, 5.74) is 2.10. The van der Waals surface area contributed by atoms with Gasteiger partial charge in [-0.25, -0.2) is 0 Å². The van der Waals surface area contributed by atoms with Crippen molar-refractivity contribution in [2.45, 2.75) is 13.8 Å². The zero-order valence-corrected chi connectivity index (χ0v) is 7.93. The Bertz CT molecular complexity index is 317. The number of hydrogen-bond donors (Lipinski definition) is 0. The fraction of sp³-hybridized carbons (Fsp3) is 0.333. The van der Waals surface area contributed by atoms with Crippen LogP contribution in [0.15, 0.2) is 12.2 Å². The molecule has 0 unspecified atom stereocenters. The van der Waals surface area contributed by atoms with E-state index in [4.69, 9.17) is 0 Å². The highest BCUT2D eigenvalue weighted by Crippen LogP contribution is 2.26. The zero-order valence-electron chi connectivity index (χ0n) is 7.11. The van der Waals surface area contributed by atoms with Gasteiger partial charge in [-0.15, -0.1) is 0 Å². The van der Waals surface area contributed by atoms with Crippen molar-refractivity contribution in [2.24, 2.45) is 5.41 Å². The molecule has 0 amide bonds. The molecule has 1 aliphatic rings. The average Bonchev–Trinajstić information content (AvgIpc) is 2.40. The third kappa shape index (κ3) is 1.32. The van der Waals surface area contributed by atoms with Crippen LogP contribution in [-0.4, -0.2) is 8.75 Å². The lowest BCUT2D eigenvalue weighted by molar-refractivity contribution is 0.633. The van der Waals surface area contributed by atoms with Gasteiger partial charge in [0.25, 0.3) is 0 Å². The maximum atomic E-state index is 4.17. The van der Waals surface area contributed by atoms with Crippen molar-refractivity contribution in [2.75, 3.05) is 0 Å². The van der Waals surface area contributed by atoms with Crippen molar-refractivity contribution in [3.8, 4) is 0 Å². The minimum absolute atomic E-state index is 0.125. The smallest absolute Gasteiger partial charge is 0.104 e. The van der Waals surface area contributed by atoms with Crippen LogP contribution in [0.1, 0.15) is 25.2 Å². The first-order chi connectivity index (χ1) is 5.67. The maximum absolute atomic E-state index is 4.17. The minimum atomic E-state index is 0.125. The molecule has 1 aliphatic carbocycles. The van der Waals surface area contributed by atoms with Gasteiger partial charge in [-0.3, -0.25) is 0 Å². The van der Waals surface area contributed by atoms with E-state index in [-0.39, 0.29) is 5.41 Å². The van der Waals surface area contributed by atoms with Gasteiger partial charge in [0.1, 0.15) is 11.4 Å². The maximum Gasteiger partial charge on any atom is 0.104 e. The molecule has 2 nitrogen and oxygen atoms in total. The van der Waals surface area contributed by atoms with Crippen molar-refractivity contribution >= 4 is 23.9 Å². The molecule has 0 saturated carbocycles. The highest BCUT2D eigenvalue weighted by Gasteiger charge is 2.13. The van der Waals surface area contributed by atoms with E-state index in [1.165, 1.54) is 11.7 Å². The zero-order chi connectivity index (χ0) is 8.60. The van der Waals surface area contributed by atoms with Crippen molar-refractivity contribution in [3.63, 3.8) is 0 Å². The van der Waals surface area contributed by atoms with Crippen LogP contribution in [0.2, 0.25) is 0 Å². The lowest BCUT2D eigenvalue weighted by Crippen LogP contribution is -2.00. The second-order valence-corrected chi connectivity index (χ2v) is 4.05. The quantitative estimate of drug-likeness (QED) is 0.610. The average molecular weight is 178 g/mol. The van der Waals surface area contributed by atoms with Gasteiger partial charge in [0.2, 0.25) is 0 Å². The predicted octanol–water partition coefficient (Wildman–Crippen LogP) is 2.60. The van der Waals surface area contributed by atoms with E-state index in [0.717, 1.165) is 11.4 Å². The first kappa shape index (κ1) is 7.68. The monoisotopic (exact) mass is 178 g/mol. The van der Waals surface area contributed by atoms with Crippen molar-refractivity contribution < 1.29 is 0 Å². The van der Waals surface area contributed by atoms with Crippen LogP contribution in [-0.2, 0) is 0 Å². The first-order valence-corrected chi connectivity index (χ1v) is 4.61. The molecule has 1 heterocycles. The van der Waals surface area contributed by atoms with Gasteiger partial charge in [-0.1, -0.05) is 26.0 Å². The van der Waals surface area contributed by atoms with Gasteiger partial charge >= 0.3 is 0 Å². The van der Waals surface area contributed by atoms with Crippen molar-refractivity contribution in [1.82, 2.24) is 8.75 Å². The fourth-order valence-electron chi connectivity index (χ4n) is 1.08. The number of hydrogen-bond acceptors (Lipinski definition) is 3. The van der Waals surface area contributed by atoms with Crippen LogP contribution in [0.5, 0.6) is 0 Å². The summed E-state index contributed by atoms with van der Waals surface area (Å²) in [6, 6.07) is 0. The third-order valence-corrected chi connectivity index (χ3v) is 2.44. The number of nitrogens with zero attached hydrogens (tertiary/aromatic N) is 2. The predicted molar refractivity (Wildman–Crippen MR) is 51.8 cm³/mol. The summed E-state index contributed by atoms with van der Waals surface area (Å²) < 4.78 is 8.35. The summed E-state index contributed by atoms with van der Waals surface area (Å²) in [7, 11) is 0. The van der Waals surface area contributed by atoms with E-state index >= 15 is 0 Å². The second-order valence-electron chi connectivity index (χ2n) is 3.52. The first-order valence-electron chi connectivity index (χ1n) is 3.88. The molecule has 0 bridgehead atoms. The number of rotatable bonds is 0. The molecule has 0 radical (unpaired) electrons. The van der Waals surface area contributed by atoms with Gasteiger partial charge in [0.05, 0.1) is 11.7 Å². The molecule has 3 heteroatoms. The van der Waals surface area contributed by atoms with Crippen LogP contribution in [0.4, 0.5) is 0 Å². The summed E-state index contributed by atoms with van der Waals surface area (Å²) in [5, 5.41) is 0. The summed E-state index contributed by atoms with van der Waals surface area (Å²) in [4.78, 5) is 0. The molecule has 0 fully saturated rings. The topological polar surface area (TPSA) is 25.8 Å². The summed E-state index contributed by atoms with van der Waals surface area (Å²) in [6.45, 7) is 4.32. The molecule has 1 aromatic heterocycles. The van der Waals surface area contributed by atoms with Crippen LogP contribution in [0.3, 0.4) is 0 Å². The van der Waals surface area contributed by atoms with E-state index in [2.05, 4.69) is 34.7 Å². The molecule has 0 aliphatic heterocycles. The molecule has 12 heavy (non-hydrogen) atoms. The molecule has 0 spiro atoms. The Morgan fingerprint density at radius 2 is 1.58 bits per heavy atom. The van der Waals surface area contributed by atoms with E-state index < -0.39 is 0 Å². The lowest BCUT2D eigenvalue weighted by Gasteiger charge is -2.11. The summed E-state index contributed by atoms with van der Waals surface area (Å²) in [5.74, 6) is 0. The Labute approximate surface area is 76.0 Å². The Hall–Kier alpha value is -0.960. The van der Waals surface area contributed by atoms with Crippen LogP contribution in [0.25, 0.3) is 12.2 Å². The Balaban J connectivity index is 2.49. The van der Waals surface area contributed by atoms with Crippen molar-refractivity contribution in [1.29, 1.82) is 0 Å². The second kappa shape index (κ2) is 2.52. The van der Waals surface area contributed by atoms with Crippen LogP contribution >= 0.6 is 11.7 Å². The number of allylic oxidation sites excluding steroid dienone is 2. The van der Waals surface area contributed by atoms with Gasteiger partial charge in [0.15, 0.2) is 0 Å². The molecule has 0 N–H and O–H groups in total. The highest BCUT2D eigenvalue weighted by atomic mass is 32.1. The van der Waals surface area contributed by atoms with E-state index in [9.17, 15) is 0 Å². The van der Waals surface area contributed by atoms with Gasteiger partial charge < -0.3 is 0 Å². The van der Waals surface area contributed by atoms with Gasteiger partial charge in [0, 0.05) is 5.41 Å². The normalized spacial score (nSPS) is 18.8. The molecule has 2 rings (SSSR count).